The Hall–Kier alpha value is -2.95. The quantitative estimate of drug-likeness (QED) is 0.627. The molecule has 3 heterocycles. The van der Waals surface area contributed by atoms with Crippen molar-refractivity contribution in [2.24, 2.45) is 0 Å². The lowest BCUT2D eigenvalue weighted by Gasteiger charge is -2.36. The third-order valence-electron chi connectivity index (χ3n) is 4.85. The Kier molecular flexibility index (Phi) is 5.46. The molecule has 4 rings (SSSR count). The molecule has 0 unspecified atom stereocenters. The molecule has 0 radical (unpaired) electrons. The number of aromatic nitrogens is 4. The van der Waals surface area contributed by atoms with Crippen LogP contribution < -0.4 is 15.5 Å². The third-order valence-corrected chi connectivity index (χ3v) is 5.87. The third kappa shape index (κ3) is 4.45. The molecular weight excluding hydrogens is 417 g/mol. The maximum atomic E-state index is 12.7. The van der Waals surface area contributed by atoms with Gasteiger partial charge in [-0.2, -0.15) is 23.3 Å². The van der Waals surface area contributed by atoms with Crippen LogP contribution in [0.25, 0.3) is 0 Å². The molecule has 2 aromatic heterocycles. The summed E-state index contributed by atoms with van der Waals surface area (Å²) in [6, 6.07) is 8.34. The molecule has 0 bridgehead atoms. The van der Waals surface area contributed by atoms with Gasteiger partial charge in [-0.1, -0.05) is 17.7 Å². The van der Waals surface area contributed by atoms with Crippen molar-refractivity contribution in [3.63, 3.8) is 0 Å². The molecule has 0 N–H and O–H groups in total. The van der Waals surface area contributed by atoms with E-state index < -0.39 is 16.9 Å². The number of piperazine rings is 1. The zero-order valence-electron chi connectivity index (χ0n) is 16.1. The second-order valence-electron chi connectivity index (χ2n) is 6.99. The second-order valence-corrected chi connectivity index (χ2v) is 8.11. The fraction of sp³-hybridized carbons (Fsp3) is 0.368. The van der Waals surface area contributed by atoms with Crippen molar-refractivity contribution >= 4 is 22.8 Å². The van der Waals surface area contributed by atoms with Gasteiger partial charge in [0.2, 0.25) is 0 Å². The molecule has 11 heteroatoms. The average Bonchev–Trinajstić information content (AvgIpc) is 3.20. The van der Waals surface area contributed by atoms with E-state index in [0.29, 0.717) is 30.2 Å². The Bertz CT molecular complexity index is 1070. The summed E-state index contributed by atoms with van der Waals surface area (Å²) in [7, 11) is 0. The molecule has 0 amide bonds. The van der Waals surface area contributed by atoms with Crippen molar-refractivity contribution in [3.8, 4) is 0 Å². The number of hydrogen-bond donors (Lipinski definition) is 0. The van der Waals surface area contributed by atoms with Crippen molar-refractivity contribution in [2.45, 2.75) is 19.6 Å². The van der Waals surface area contributed by atoms with Crippen LogP contribution in [0.4, 0.5) is 24.7 Å². The van der Waals surface area contributed by atoms with Crippen molar-refractivity contribution in [1.29, 1.82) is 0 Å². The molecular formula is C19H19F3N6OS. The van der Waals surface area contributed by atoms with Crippen LogP contribution in [0.3, 0.4) is 0 Å². The van der Waals surface area contributed by atoms with Crippen molar-refractivity contribution < 1.29 is 13.2 Å². The Morgan fingerprint density at radius 1 is 1.03 bits per heavy atom. The Labute approximate surface area is 174 Å². The molecule has 0 atom stereocenters. The number of nitrogens with zero attached hydrogens (tertiary/aromatic N) is 6. The van der Waals surface area contributed by atoms with Gasteiger partial charge < -0.3 is 9.80 Å². The molecule has 3 aromatic rings. The summed E-state index contributed by atoms with van der Waals surface area (Å²) in [5.74, 6) is 0.472. The molecule has 1 aliphatic rings. The molecule has 0 aliphatic carbocycles. The molecule has 0 saturated carbocycles. The first kappa shape index (κ1) is 20.3. The predicted molar refractivity (Wildman–Crippen MR) is 108 cm³/mol. The largest absolute Gasteiger partial charge is 0.443 e. The summed E-state index contributed by atoms with van der Waals surface area (Å²) in [5, 5.41) is 3.15. The first-order valence-corrected chi connectivity index (χ1v) is 10.1. The standard InChI is InChI=1S/C19H19F3N6OS/c1-13-2-4-14(5-3-13)26-6-8-27(9-7-26)16-11-24-28(18(29)25-16)12-15-10-23-17(30-15)19(20,21)22/h2-5,10-11H,6-9,12H2,1H3. The minimum Gasteiger partial charge on any atom is -0.368 e. The van der Waals surface area contributed by atoms with Gasteiger partial charge in [0.15, 0.2) is 10.8 Å². The molecule has 1 aliphatic heterocycles. The highest BCUT2D eigenvalue weighted by atomic mass is 32.1. The second kappa shape index (κ2) is 8.05. The number of rotatable bonds is 4. The number of alkyl halides is 3. The predicted octanol–water partition coefficient (Wildman–Crippen LogP) is 2.80. The minimum atomic E-state index is -4.50. The van der Waals surface area contributed by atoms with Gasteiger partial charge in [-0.15, -0.1) is 11.3 Å². The molecule has 158 valence electrons. The summed E-state index contributed by atoms with van der Waals surface area (Å²) in [5.41, 5.74) is 1.76. The zero-order valence-corrected chi connectivity index (χ0v) is 16.9. The SMILES string of the molecule is Cc1ccc(N2CCN(c3cnn(Cc4cnc(C(F)(F)F)s4)c(=O)n3)CC2)cc1. The van der Waals surface area contributed by atoms with Gasteiger partial charge in [-0.05, 0) is 19.1 Å². The van der Waals surface area contributed by atoms with E-state index >= 15 is 0 Å². The van der Waals surface area contributed by atoms with Gasteiger partial charge in [0.25, 0.3) is 0 Å². The van der Waals surface area contributed by atoms with E-state index in [1.54, 1.807) is 0 Å². The van der Waals surface area contributed by atoms with Crippen LogP contribution in [0, 0.1) is 6.92 Å². The minimum absolute atomic E-state index is 0.0962. The number of halogens is 3. The molecule has 30 heavy (non-hydrogen) atoms. The number of benzene rings is 1. The lowest BCUT2D eigenvalue weighted by molar-refractivity contribution is -0.137. The van der Waals surface area contributed by atoms with Gasteiger partial charge in [0.05, 0.1) is 12.7 Å². The van der Waals surface area contributed by atoms with Crippen LogP contribution >= 0.6 is 11.3 Å². The first-order chi connectivity index (χ1) is 14.3. The number of anilines is 2. The Morgan fingerprint density at radius 3 is 2.30 bits per heavy atom. The fourth-order valence-corrected chi connectivity index (χ4v) is 3.99. The van der Waals surface area contributed by atoms with Crippen LogP contribution in [0.15, 0.2) is 41.5 Å². The highest BCUT2D eigenvalue weighted by molar-refractivity contribution is 7.11. The summed E-state index contributed by atoms with van der Waals surface area (Å²) in [4.78, 5) is 24.3. The lowest BCUT2D eigenvalue weighted by Crippen LogP contribution is -2.47. The summed E-state index contributed by atoms with van der Waals surface area (Å²) < 4.78 is 39.1. The average molecular weight is 436 g/mol. The summed E-state index contributed by atoms with van der Waals surface area (Å²) >= 11 is 0.495. The number of hydrogen-bond acceptors (Lipinski definition) is 7. The van der Waals surface area contributed by atoms with E-state index in [2.05, 4.69) is 44.2 Å². The van der Waals surface area contributed by atoms with E-state index in [0.717, 1.165) is 29.7 Å². The molecule has 1 fully saturated rings. The molecule has 1 aromatic carbocycles. The fourth-order valence-electron chi connectivity index (χ4n) is 3.22. The molecule has 1 saturated heterocycles. The maximum Gasteiger partial charge on any atom is 0.443 e. The Balaban J connectivity index is 1.40. The summed E-state index contributed by atoms with van der Waals surface area (Å²) in [6.45, 7) is 4.91. The van der Waals surface area contributed by atoms with E-state index in [4.69, 9.17) is 0 Å². The van der Waals surface area contributed by atoms with E-state index in [9.17, 15) is 18.0 Å². The van der Waals surface area contributed by atoms with Crippen LogP contribution in [0.5, 0.6) is 0 Å². The van der Waals surface area contributed by atoms with Gasteiger partial charge in [0.1, 0.15) is 0 Å². The van der Waals surface area contributed by atoms with Crippen molar-refractivity contribution in [1.82, 2.24) is 19.7 Å². The highest BCUT2D eigenvalue weighted by Gasteiger charge is 2.34. The molecule has 0 spiro atoms. The number of aryl methyl sites for hydroxylation is 1. The Morgan fingerprint density at radius 2 is 1.70 bits per heavy atom. The first-order valence-electron chi connectivity index (χ1n) is 9.32. The zero-order chi connectivity index (χ0) is 21.3. The monoisotopic (exact) mass is 436 g/mol. The van der Waals surface area contributed by atoms with Crippen LogP contribution in [-0.2, 0) is 12.7 Å². The van der Waals surface area contributed by atoms with Crippen molar-refractivity contribution in [3.05, 3.63) is 62.6 Å². The van der Waals surface area contributed by atoms with Gasteiger partial charge >= 0.3 is 11.9 Å². The lowest BCUT2D eigenvalue weighted by atomic mass is 10.2. The van der Waals surface area contributed by atoms with Crippen LogP contribution in [0.2, 0.25) is 0 Å². The van der Waals surface area contributed by atoms with E-state index in [1.165, 1.54) is 11.8 Å². The summed E-state index contributed by atoms with van der Waals surface area (Å²) in [6.07, 6.45) is -1.90. The van der Waals surface area contributed by atoms with Crippen LogP contribution in [0.1, 0.15) is 15.4 Å². The maximum absolute atomic E-state index is 12.7. The number of thiazole rings is 1. The van der Waals surface area contributed by atoms with Gasteiger partial charge in [0, 0.05) is 42.9 Å². The smallest absolute Gasteiger partial charge is 0.368 e. The van der Waals surface area contributed by atoms with E-state index in [1.807, 2.05) is 11.8 Å². The highest BCUT2D eigenvalue weighted by Crippen LogP contribution is 2.32. The topological polar surface area (TPSA) is 67.2 Å². The van der Waals surface area contributed by atoms with Crippen molar-refractivity contribution in [2.75, 3.05) is 36.0 Å². The normalized spacial score (nSPS) is 14.9. The molecule has 7 nitrogen and oxygen atoms in total. The van der Waals surface area contributed by atoms with E-state index in [-0.39, 0.29) is 11.4 Å². The van der Waals surface area contributed by atoms with Crippen LogP contribution in [-0.4, -0.2) is 45.9 Å². The van der Waals surface area contributed by atoms with Gasteiger partial charge in [-0.3, -0.25) is 0 Å². The van der Waals surface area contributed by atoms with Gasteiger partial charge in [-0.25, -0.2) is 14.5 Å².